The van der Waals surface area contributed by atoms with Crippen molar-refractivity contribution in [2.24, 2.45) is 0 Å². The zero-order valence-electron chi connectivity index (χ0n) is 10.3. The van der Waals surface area contributed by atoms with E-state index in [2.05, 4.69) is 20.4 Å². The van der Waals surface area contributed by atoms with Crippen LogP contribution in [-0.4, -0.2) is 19.7 Å². The molecule has 1 aromatic carbocycles. The zero-order valence-corrected chi connectivity index (χ0v) is 10.3. The number of aromatic nitrogens is 4. The Labute approximate surface area is 111 Å². The minimum Gasteiger partial charge on any atom is -0.378 e. The van der Waals surface area contributed by atoms with Gasteiger partial charge in [0.05, 0.1) is 30.0 Å². The van der Waals surface area contributed by atoms with Crippen molar-refractivity contribution >= 4 is 5.69 Å². The summed E-state index contributed by atoms with van der Waals surface area (Å²) in [6, 6.07) is 10.0. The van der Waals surface area contributed by atoms with E-state index in [0.29, 0.717) is 6.54 Å². The van der Waals surface area contributed by atoms with Crippen LogP contribution in [0.3, 0.4) is 0 Å². The lowest BCUT2D eigenvalue weighted by molar-refractivity contribution is 0.880. The quantitative estimate of drug-likeness (QED) is 0.773. The van der Waals surface area contributed by atoms with E-state index in [4.69, 9.17) is 0 Å². The molecule has 5 nitrogen and oxygen atoms in total. The Morgan fingerprint density at radius 3 is 2.58 bits per heavy atom. The molecule has 2 heterocycles. The van der Waals surface area contributed by atoms with Crippen LogP contribution in [0.25, 0.3) is 5.69 Å². The normalized spacial score (nSPS) is 10.3. The smallest absolute Gasteiger partial charge is 0.115 e. The van der Waals surface area contributed by atoms with Crippen LogP contribution in [0.15, 0.2) is 61.4 Å². The lowest BCUT2D eigenvalue weighted by Gasteiger charge is -2.02. The summed E-state index contributed by atoms with van der Waals surface area (Å²) < 4.78 is 1.86. The maximum Gasteiger partial charge on any atom is 0.115 e. The third-order valence-corrected chi connectivity index (χ3v) is 2.71. The average molecular weight is 251 g/mol. The first-order valence-corrected chi connectivity index (χ1v) is 6.00. The molecule has 0 amide bonds. The molecule has 1 N–H and O–H groups in total. The molecule has 5 heteroatoms. The summed E-state index contributed by atoms with van der Waals surface area (Å²) in [6.45, 7) is 0.695. The van der Waals surface area contributed by atoms with Crippen LogP contribution in [-0.2, 0) is 6.54 Å². The van der Waals surface area contributed by atoms with Crippen molar-refractivity contribution in [1.82, 2.24) is 19.7 Å². The van der Waals surface area contributed by atoms with Gasteiger partial charge >= 0.3 is 0 Å². The molecule has 0 aliphatic heterocycles. The largest absolute Gasteiger partial charge is 0.378 e. The Balaban J connectivity index is 1.69. The monoisotopic (exact) mass is 251 g/mol. The Morgan fingerprint density at radius 1 is 1.00 bits per heavy atom. The molecule has 0 saturated heterocycles. The van der Waals surface area contributed by atoms with Crippen LogP contribution in [0, 0.1) is 0 Å². The van der Waals surface area contributed by atoms with Crippen molar-refractivity contribution in [2.45, 2.75) is 6.54 Å². The van der Waals surface area contributed by atoms with Gasteiger partial charge in [0.25, 0.3) is 0 Å². The zero-order chi connectivity index (χ0) is 12.9. The standard InChI is InChI=1S/C14H13N5/c1-2-4-14(5-3-1)19-10-12(7-18-19)6-17-13-8-15-11-16-9-13/h1-5,7-11,17H,6H2. The third-order valence-electron chi connectivity index (χ3n) is 2.71. The van der Waals surface area contributed by atoms with E-state index in [0.717, 1.165) is 16.9 Å². The number of hydrogen-bond donors (Lipinski definition) is 1. The second-order valence-corrected chi connectivity index (χ2v) is 4.11. The Hall–Kier alpha value is -2.69. The van der Waals surface area contributed by atoms with Crippen LogP contribution >= 0.6 is 0 Å². The molecule has 19 heavy (non-hydrogen) atoms. The van der Waals surface area contributed by atoms with Crippen molar-refractivity contribution < 1.29 is 0 Å². The lowest BCUT2D eigenvalue weighted by Crippen LogP contribution is -1.99. The fourth-order valence-corrected chi connectivity index (χ4v) is 1.77. The van der Waals surface area contributed by atoms with Gasteiger partial charge in [-0.15, -0.1) is 0 Å². The number of anilines is 1. The van der Waals surface area contributed by atoms with Gasteiger partial charge in [0.15, 0.2) is 0 Å². The fraction of sp³-hybridized carbons (Fsp3) is 0.0714. The molecule has 0 spiro atoms. The van der Waals surface area contributed by atoms with Gasteiger partial charge in [0.1, 0.15) is 6.33 Å². The van der Waals surface area contributed by atoms with E-state index in [1.807, 2.05) is 47.4 Å². The number of nitrogens with zero attached hydrogens (tertiary/aromatic N) is 4. The van der Waals surface area contributed by atoms with Gasteiger partial charge in [0, 0.05) is 18.3 Å². The lowest BCUT2D eigenvalue weighted by atomic mass is 10.3. The molecular formula is C14H13N5. The van der Waals surface area contributed by atoms with Crippen LogP contribution in [0.5, 0.6) is 0 Å². The SMILES string of the molecule is c1ccc(-n2cc(CNc3cncnc3)cn2)cc1. The number of para-hydroxylation sites is 1. The molecule has 3 rings (SSSR count). The van der Waals surface area contributed by atoms with Crippen molar-refractivity contribution in [1.29, 1.82) is 0 Å². The Kier molecular flexibility index (Phi) is 3.18. The predicted molar refractivity (Wildman–Crippen MR) is 72.9 cm³/mol. The maximum absolute atomic E-state index is 4.34. The number of benzene rings is 1. The highest BCUT2D eigenvalue weighted by molar-refractivity contribution is 5.38. The second kappa shape index (κ2) is 5.30. The highest BCUT2D eigenvalue weighted by Gasteiger charge is 2.00. The van der Waals surface area contributed by atoms with Gasteiger partial charge in [-0.25, -0.2) is 14.6 Å². The summed E-state index contributed by atoms with van der Waals surface area (Å²) in [5.74, 6) is 0. The third kappa shape index (κ3) is 2.77. The molecule has 0 saturated carbocycles. The van der Waals surface area contributed by atoms with E-state index < -0.39 is 0 Å². The molecule has 2 aromatic heterocycles. The highest BCUT2D eigenvalue weighted by Crippen LogP contribution is 2.09. The molecule has 0 bridgehead atoms. The van der Waals surface area contributed by atoms with Crippen LogP contribution in [0.4, 0.5) is 5.69 Å². The van der Waals surface area contributed by atoms with E-state index in [1.165, 1.54) is 6.33 Å². The van der Waals surface area contributed by atoms with Gasteiger partial charge in [-0.3, -0.25) is 0 Å². The summed E-state index contributed by atoms with van der Waals surface area (Å²) in [5, 5.41) is 7.59. The first-order valence-electron chi connectivity index (χ1n) is 6.00. The summed E-state index contributed by atoms with van der Waals surface area (Å²) in [6.07, 6.45) is 8.86. The van der Waals surface area contributed by atoms with Crippen LogP contribution in [0.1, 0.15) is 5.56 Å². The Morgan fingerprint density at radius 2 is 1.79 bits per heavy atom. The average Bonchev–Trinajstić information content (AvgIpc) is 2.96. The van der Waals surface area contributed by atoms with Crippen molar-refractivity contribution in [3.8, 4) is 5.69 Å². The molecule has 0 aliphatic rings. The summed E-state index contributed by atoms with van der Waals surface area (Å²) in [4.78, 5) is 7.91. The molecule has 0 aliphatic carbocycles. The van der Waals surface area contributed by atoms with Crippen LogP contribution < -0.4 is 5.32 Å². The highest BCUT2D eigenvalue weighted by atomic mass is 15.3. The van der Waals surface area contributed by atoms with Crippen molar-refractivity contribution in [2.75, 3.05) is 5.32 Å². The van der Waals surface area contributed by atoms with Gasteiger partial charge in [-0.1, -0.05) is 18.2 Å². The number of hydrogen-bond acceptors (Lipinski definition) is 4. The van der Waals surface area contributed by atoms with E-state index in [-0.39, 0.29) is 0 Å². The minimum absolute atomic E-state index is 0.695. The fourth-order valence-electron chi connectivity index (χ4n) is 1.77. The molecule has 0 radical (unpaired) electrons. The van der Waals surface area contributed by atoms with Crippen molar-refractivity contribution in [3.05, 3.63) is 67.0 Å². The van der Waals surface area contributed by atoms with Gasteiger partial charge in [0.2, 0.25) is 0 Å². The molecule has 0 unspecified atom stereocenters. The van der Waals surface area contributed by atoms with Gasteiger partial charge in [-0.2, -0.15) is 5.10 Å². The Bertz CT molecular complexity index is 633. The van der Waals surface area contributed by atoms with E-state index in [9.17, 15) is 0 Å². The van der Waals surface area contributed by atoms with E-state index >= 15 is 0 Å². The van der Waals surface area contributed by atoms with Crippen LogP contribution in [0.2, 0.25) is 0 Å². The minimum atomic E-state index is 0.695. The summed E-state index contributed by atoms with van der Waals surface area (Å²) in [7, 11) is 0. The summed E-state index contributed by atoms with van der Waals surface area (Å²) >= 11 is 0. The van der Waals surface area contributed by atoms with Gasteiger partial charge in [-0.05, 0) is 12.1 Å². The second-order valence-electron chi connectivity index (χ2n) is 4.11. The molecule has 3 aromatic rings. The topological polar surface area (TPSA) is 55.6 Å². The number of nitrogens with one attached hydrogen (secondary N) is 1. The van der Waals surface area contributed by atoms with Gasteiger partial charge < -0.3 is 5.32 Å². The summed E-state index contributed by atoms with van der Waals surface area (Å²) in [5.41, 5.74) is 3.06. The van der Waals surface area contributed by atoms with E-state index in [1.54, 1.807) is 12.4 Å². The number of rotatable bonds is 4. The first kappa shape index (κ1) is 11.4. The molecule has 0 atom stereocenters. The predicted octanol–water partition coefficient (Wildman–Crippen LogP) is 2.27. The molecule has 0 fully saturated rings. The van der Waals surface area contributed by atoms with Crippen molar-refractivity contribution in [3.63, 3.8) is 0 Å². The maximum atomic E-state index is 4.34. The molecular weight excluding hydrogens is 238 g/mol. The first-order chi connectivity index (χ1) is 9.42. The molecule has 94 valence electrons.